The number of rotatable bonds is 3. The first-order chi connectivity index (χ1) is 11.1. The van der Waals surface area contributed by atoms with E-state index in [9.17, 15) is 0 Å². The molecule has 120 valence electrons. The molecule has 1 aromatic carbocycles. The van der Waals surface area contributed by atoms with Crippen LogP contribution in [0.1, 0.15) is 47.2 Å². The predicted molar refractivity (Wildman–Crippen MR) is 87.0 cm³/mol. The fraction of sp³-hybridized carbons (Fsp3) is 0.471. The van der Waals surface area contributed by atoms with E-state index in [0.29, 0.717) is 0 Å². The highest BCUT2D eigenvalue weighted by molar-refractivity contribution is 5.79. The SMILES string of the molecule is Cc1ccc2[nH]c(CN3CCC[C@H]3c3nonc3C)nc2c1C. The largest absolute Gasteiger partial charge is 0.341 e. The molecule has 6 heteroatoms. The lowest BCUT2D eigenvalue weighted by atomic mass is 10.1. The van der Waals surface area contributed by atoms with Gasteiger partial charge < -0.3 is 4.98 Å². The van der Waals surface area contributed by atoms with Crippen molar-refractivity contribution in [1.82, 2.24) is 25.2 Å². The highest BCUT2D eigenvalue weighted by atomic mass is 16.6. The van der Waals surface area contributed by atoms with Gasteiger partial charge in [0.15, 0.2) is 0 Å². The molecule has 1 atom stereocenters. The third-order valence-corrected chi connectivity index (χ3v) is 4.95. The van der Waals surface area contributed by atoms with Crippen LogP contribution < -0.4 is 0 Å². The maximum absolute atomic E-state index is 4.88. The van der Waals surface area contributed by atoms with Crippen molar-refractivity contribution < 1.29 is 4.63 Å². The van der Waals surface area contributed by atoms with E-state index >= 15 is 0 Å². The first kappa shape index (κ1) is 14.4. The van der Waals surface area contributed by atoms with Gasteiger partial charge in [-0.3, -0.25) is 4.90 Å². The normalized spacial score (nSPS) is 19.0. The Morgan fingerprint density at radius 1 is 1.26 bits per heavy atom. The minimum atomic E-state index is 0.275. The monoisotopic (exact) mass is 311 g/mol. The maximum atomic E-state index is 4.88. The molecule has 0 aliphatic carbocycles. The summed E-state index contributed by atoms with van der Waals surface area (Å²) in [6.07, 6.45) is 2.25. The van der Waals surface area contributed by atoms with Crippen molar-refractivity contribution in [2.45, 2.75) is 46.2 Å². The molecule has 0 unspecified atom stereocenters. The summed E-state index contributed by atoms with van der Waals surface area (Å²) < 4.78 is 4.88. The number of nitrogens with zero attached hydrogens (tertiary/aromatic N) is 4. The molecule has 2 aromatic heterocycles. The van der Waals surface area contributed by atoms with Crippen LogP contribution in [0.4, 0.5) is 0 Å². The second-order valence-corrected chi connectivity index (χ2v) is 6.45. The third-order valence-electron chi connectivity index (χ3n) is 4.95. The molecule has 1 aliphatic rings. The third kappa shape index (κ3) is 2.43. The molecule has 23 heavy (non-hydrogen) atoms. The summed E-state index contributed by atoms with van der Waals surface area (Å²) in [5.74, 6) is 1.01. The molecule has 0 spiro atoms. The van der Waals surface area contributed by atoms with Crippen LogP contribution in [0.15, 0.2) is 16.8 Å². The van der Waals surface area contributed by atoms with Gasteiger partial charge in [0, 0.05) is 0 Å². The first-order valence-electron chi connectivity index (χ1n) is 8.11. The molecule has 1 saturated heterocycles. The maximum Gasteiger partial charge on any atom is 0.125 e. The molecule has 0 amide bonds. The summed E-state index contributed by atoms with van der Waals surface area (Å²) in [5.41, 5.74) is 6.56. The van der Waals surface area contributed by atoms with Crippen LogP contribution in [-0.2, 0) is 6.54 Å². The Bertz CT molecular complexity index is 850. The number of imidazole rings is 1. The number of aromatic nitrogens is 4. The van der Waals surface area contributed by atoms with Crippen molar-refractivity contribution in [3.05, 3.63) is 40.5 Å². The van der Waals surface area contributed by atoms with Crippen LogP contribution in [0.3, 0.4) is 0 Å². The van der Waals surface area contributed by atoms with Crippen molar-refractivity contribution in [2.75, 3.05) is 6.54 Å². The lowest BCUT2D eigenvalue weighted by molar-refractivity contribution is 0.227. The number of H-pyrrole nitrogens is 1. The van der Waals surface area contributed by atoms with Crippen LogP contribution >= 0.6 is 0 Å². The lowest BCUT2D eigenvalue weighted by Gasteiger charge is -2.21. The van der Waals surface area contributed by atoms with Crippen molar-refractivity contribution in [2.24, 2.45) is 0 Å². The standard InChI is InChI=1S/C17H21N5O/c1-10-6-7-13-16(11(10)2)19-15(18-13)9-22-8-4-5-14(22)17-12(3)20-23-21-17/h6-7,14H,4-5,8-9H2,1-3H3,(H,18,19)/t14-/m0/s1. The Kier molecular flexibility index (Phi) is 3.41. The Labute approximate surface area is 134 Å². The van der Waals surface area contributed by atoms with E-state index in [0.717, 1.165) is 54.2 Å². The zero-order chi connectivity index (χ0) is 16.0. The van der Waals surface area contributed by atoms with E-state index in [2.05, 4.69) is 46.2 Å². The summed E-state index contributed by atoms with van der Waals surface area (Å²) in [6, 6.07) is 4.53. The molecule has 3 aromatic rings. The van der Waals surface area contributed by atoms with E-state index < -0.39 is 0 Å². The fourth-order valence-corrected chi connectivity index (χ4v) is 3.50. The van der Waals surface area contributed by atoms with Crippen LogP contribution in [-0.4, -0.2) is 31.7 Å². The van der Waals surface area contributed by atoms with Gasteiger partial charge in [-0.1, -0.05) is 16.4 Å². The van der Waals surface area contributed by atoms with Crippen LogP contribution in [0.25, 0.3) is 11.0 Å². The van der Waals surface area contributed by atoms with Crippen LogP contribution in [0.5, 0.6) is 0 Å². The number of nitrogens with one attached hydrogen (secondary N) is 1. The van der Waals surface area contributed by atoms with Gasteiger partial charge in [-0.05, 0) is 57.4 Å². The van der Waals surface area contributed by atoms with Crippen molar-refractivity contribution in [3.8, 4) is 0 Å². The van der Waals surface area contributed by atoms with Crippen LogP contribution in [0.2, 0.25) is 0 Å². The summed E-state index contributed by atoms with van der Waals surface area (Å²) in [6.45, 7) is 8.05. The van der Waals surface area contributed by atoms with E-state index in [1.54, 1.807) is 0 Å². The molecule has 6 nitrogen and oxygen atoms in total. The second kappa shape index (κ2) is 5.45. The molecule has 1 N–H and O–H groups in total. The zero-order valence-electron chi connectivity index (χ0n) is 13.8. The smallest absolute Gasteiger partial charge is 0.125 e. The summed E-state index contributed by atoms with van der Waals surface area (Å²) in [7, 11) is 0. The first-order valence-corrected chi connectivity index (χ1v) is 8.11. The van der Waals surface area contributed by atoms with Crippen molar-refractivity contribution >= 4 is 11.0 Å². The van der Waals surface area contributed by atoms with E-state index in [-0.39, 0.29) is 6.04 Å². The highest BCUT2D eigenvalue weighted by Gasteiger charge is 2.30. The summed E-state index contributed by atoms with van der Waals surface area (Å²) in [5, 5.41) is 8.02. The summed E-state index contributed by atoms with van der Waals surface area (Å²) in [4.78, 5) is 10.7. The zero-order valence-corrected chi connectivity index (χ0v) is 13.8. The molecular weight excluding hydrogens is 290 g/mol. The van der Waals surface area contributed by atoms with Gasteiger partial charge >= 0.3 is 0 Å². The Balaban J connectivity index is 1.62. The topological polar surface area (TPSA) is 70.8 Å². The van der Waals surface area contributed by atoms with Crippen molar-refractivity contribution in [1.29, 1.82) is 0 Å². The molecule has 4 rings (SSSR count). The number of fused-ring (bicyclic) bond motifs is 1. The molecule has 1 fully saturated rings. The van der Waals surface area contributed by atoms with Crippen LogP contribution in [0, 0.1) is 20.8 Å². The minimum absolute atomic E-state index is 0.275. The second-order valence-electron chi connectivity index (χ2n) is 6.45. The minimum Gasteiger partial charge on any atom is -0.341 e. The molecule has 3 heterocycles. The van der Waals surface area contributed by atoms with E-state index in [1.807, 2.05) is 6.92 Å². The number of aryl methyl sites for hydroxylation is 3. The molecule has 0 radical (unpaired) electrons. The average Bonchev–Trinajstić information content (AvgIpc) is 3.23. The van der Waals surface area contributed by atoms with Gasteiger partial charge in [0.1, 0.15) is 17.2 Å². The van der Waals surface area contributed by atoms with E-state index in [1.165, 1.54) is 11.1 Å². The quantitative estimate of drug-likeness (QED) is 0.804. The highest BCUT2D eigenvalue weighted by Crippen LogP contribution is 2.33. The number of hydrogen-bond donors (Lipinski definition) is 1. The predicted octanol–water partition coefficient (Wildman–Crippen LogP) is 3.21. The van der Waals surface area contributed by atoms with Gasteiger partial charge in [0.2, 0.25) is 0 Å². The Morgan fingerprint density at radius 2 is 2.13 bits per heavy atom. The number of hydrogen-bond acceptors (Lipinski definition) is 5. The van der Waals surface area contributed by atoms with Gasteiger partial charge in [0.25, 0.3) is 0 Å². The van der Waals surface area contributed by atoms with Gasteiger partial charge in [-0.2, -0.15) is 0 Å². The molecule has 1 aliphatic heterocycles. The molecule has 0 saturated carbocycles. The molecule has 0 bridgehead atoms. The fourth-order valence-electron chi connectivity index (χ4n) is 3.50. The Morgan fingerprint density at radius 3 is 2.91 bits per heavy atom. The average molecular weight is 311 g/mol. The molecular formula is C17H21N5O. The van der Waals surface area contributed by atoms with Gasteiger partial charge in [-0.25, -0.2) is 9.61 Å². The van der Waals surface area contributed by atoms with E-state index in [4.69, 9.17) is 9.61 Å². The summed E-state index contributed by atoms with van der Waals surface area (Å²) >= 11 is 0. The van der Waals surface area contributed by atoms with Gasteiger partial charge in [0.05, 0.1) is 23.6 Å². The lowest BCUT2D eigenvalue weighted by Crippen LogP contribution is -2.24. The van der Waals surface area contributed by atoms with Crippen molar-refractivity contribution in [3.63, 3.8) is 0 Å². The number of aromatic amines is 1. The van der Waals surface area contributed by atoms with Gasteiger partial charge in [-0.15, -0.1) is 0 Å². The Hall–Kier alpha value is -2.21. The number of likely N-dealkylation sites (tertiary alicyclic amines) is 1. The number of benzene rings is 1.